The van der Waals surface area contributed by atoms with Crippen molar-refractivity contribution in [2.24, 2.45) is 11.8 Å². The Labute approximate surface area is 146 Å². The van der Waals surface area contributed by atoms with Crippen LogP contribution in [-0.2, 0) is 17.6 Å². The number of aliphatic hydroxyl groups excluding tert-OH is 1. The summed E-state index contributed by atoms with van der Waals surface area (Å²) in [5.41, 5.74) is 2.85. The molecule has 0 heterocycles. The summed E-state index contributed by atoms with van der Waals surface area (Å²) in [5.74, 6) is 0.324. The van der Waals surface area contributed by atoms with Crippen LogP contribution in [-0.4, -0.2) is 35.6 Å². The zero-order chi connectivity index (χ0) is 17.7. The Bertz CT molecular complexity index is 539. The Morgan fingerprint density at radius 2 is 1.79 bits per heavy atom. The van der Waals surface area contributed by atoms with Crippen LogP contribution >= 0.6 is 0 Å². The molecule has 2 rings (SSSR count). The van der Waals surface area contributed by atoms with E-state index < -0.39 is 11.7 Å². The summed E-state index contributed by atoms with van der Waals surface area (Å²) in [4.78, 5) is 0. The standard InChI is InChI=1S/C21H32O3/c1-15-12-18(19(14-20(15)22)21(2,3)23)13-17-9-7-16(8-10-17)6-5-11-24-4/h7-10,12,18-20,22-23H,5-6,11,13-14H2,1-4H3. The molecule has 3 heteroatoms. The predicted octanol–water partition coefficient (Wildman–Crippen LogP) is 3.52. The maximum absolute atomic E-state index is 10.5. The van der Waals surface area contributed by atoms with Crippen molar-refractivity contribution in [2.45, 2.75) is 58.2 Å². The third-order valence-electron chi connectivity index (χ3n) is 5.21. The molecule has 3 nitrogen and oxygen atoms in total. The first-order valence-corrected chi connectivity index (χ1v) is 8.96. The number of ether oxygens (including phenoxy) is 1. The first kappa shape index (κ1) is 19.2. The van der Waals surface area contributed by atoms with Crippen LogP contribution < -0.4 is 0 Å². The largest absolute Gasteiger partial charge is 0.390 e. The highest BCUT2D eigenvalue weighted by Gasteiger charge is 2.37. The Hall–Kier alpha value is -1.16. The van der Waals surface area contributed by atoms with Gasteiger partial charge in [-0.05, 0) is 75.0 Å². The van der Waals surface area contributed by atoms with E-state index in [0.29, 0.717) is 6.42 Å². The lowest BCUT2D eigenvalue weighted by atomic mass is 9.70. The number of benzene rings is 1. The molecule has 0 aliphatic heterocycles. The molecule has 0 amide bonds. The van der Waals surface area contributed by atoms with Crippen molar-refractivity contribution in [3.8, 4) is 0 Å². The highest BCUT2D eigenvalue weighted by molar-refractivity contribution is 5.25. The maximum Gasteiger partial charge on any atom is 0.0751 e. The Balaban J connectivity index is 2.07. The third kappa shape index (κ3) is 5.17. The average molecular weight is 332 g/mol. The Morgan fingerprint density at radius 1 is 1.17 bits per heavy atom. The first-order valence-electron chi connectivity index (χ1n) is 8.96. The van der Waals surface area contributed by atoms with Gasteiger partial charge in [-0.15, -0.1) is 0 Å². The highest BCUT2D eigenvalue weighted by Crippen LogP contribution is 2.38. The van der Waals surface area contributed by atoms with Gasteiger partial charge in [0.25, 0.3) is 0 Å². The second kappa shape index (κ2) is 8.28. The minimum Gasteiger partial charge on any atom is -0.390 e. The van der Waals surface area contributed by atoms with Crippen molar-refractivity contribution in [2.75, 3.05) is 13.7 Å². The van der Waals surface area contributed by atoms with E-state index in [-0.39, 0.29) is 11.8 Å². The summed E-state index contributed by atoms with van der Waals surface area (Å²) in [5, 5.41) is 20.7. The van der Waals surface area contributed by atoms with Crippen molar-refractivity contribution in [1.82, 2.24) is 0 Å². The second-order valence-corrected chi connectivity index (χ2v) is 7.70. The summed E-state index contributed by atoms with van der Waals surface area (Å²) in [7, 11) is 1.73. The quantitative estimate of drug-likeness (QED) is 0.593. The summed E-state index contributed by atoms with van der Waals surface area (Å²) >= 11 is 0. The molecule has 0 saturated heterocycles. The lowest BCUT2D eigenvalue weighted by molar-refractivity contribution is -0.0264. The molecule has 0 spiro atoms. The van der Waals surface area contributed by atoms with Crippen LogP contribution in [0.25, 0.3) is 0 Å². The van der Waals surface area contributed by atoms with Crippen LogP contribution in [0.1, 0.15) is 44.7 Å². The molecular weight excluding hydrogens is 300 g/mol. The van der Waals surface area contributed by atoms with Gasteiger partial charge in [0, 0.05) is 13.7 Å². The van der Waals surface area contributed by atoms with Gasteiger partial charge in [0.2, 0.25) is 0 Å². The van der Waals surface area contributed by atoms with Gasteiger partial charge < -0.3 is 14.9 Å². The molecule has 0 saturated carbocycles. The fourth-order valence-electron chi connectivity index (χ4n) is 3.71. The van der Waals surface area contributed by atoms with E-state index in [1.807, 2.05) is 20.8 Å². The molecule has 24 heavy (non-hydrogen) atoms. The summed E-state index contributed by atoms with van der Waals surface area (Å²) < 4.78 is 5.10. The zero-order valence-corrected chi connectivity index (χ0v) is 15.5. The van der Waals surface area contributed by atoms with Crippen LogP contribution in [0, 0.1) is 11.8 Å². The van der Waals surface area contributed by atoms with Gasteiger partial charge in [-0.25, -0.2) is 0 Å². The van der Waals surface area contributed by atoms with E-state index in [4.69, 9.17) is 4.74 Å². The predicted molar refractivity (Wildman–Crippen MR) is 98.0 cm³/mol. The van der Waals surface area contributed by atoms with Crippen molar-refractivity contribution >= 4 is 0 Å². The minimum absolute atomic E-state index is 0.0672. The van der Waals surface area contributed by atoms with E-state index >= 15 is 0 Å². The molecule has 0 aromatic heterocycles. The number of aryl methyl sites for hydroxylation is 1. The molecule has 1 aliphatic rings. The smallest absolute Gasteiger partial charge is 0.0751 e. The number of allylic oxidation sites excluding steroid dienone is 1. The maximum atomic E-state index is 10.5. The molecule has 2 N–H and O–H groups in total. The molecule has 1 aromatic rings. The van der Waals surface area contributed by atoms with Crippen LogP contribution in [0.2, 0.25) is 0 Å². The molecular formula is C21H32O3. The van der Waals surface area contributed by atoms with E-state index in [0.717, 1.165) is 31.4 Å². The lowest BCUT2D eigenvalue weighted by Gasteiger charge is -2.40. The van der Waals surface area contributed by atoms with Crippen LogP contribution in [0.4, 0.5) is 0 Å². The van der Waals surface area contributed by atoms with Gasteiger partial charge in [-0.2, -0.15) is 0 Å². The SMILES string of the molecule is COCCCc1ccc(CC2C=C(C)C(O)CC2C(C)(C)O)cc1. The molecule has 3 atom stereocenters. The summed E-state index contributed by atoms with van der Waals surface area (Å²) in [6.07, 6.45) is 5.33. The monoisotopic (exact) mass is 332 g/mol. The zero-order valence-electron chi connectivity index (χ0n) is 15.5. The fourth-order valence-corrected chi connectivity index (χ4v) is 3.71. The topological polar surface area (TPSA) is 49.7 Å². The number of hydrogen-bond donors (Lipinski definition) is 2. The molecule has 0 bridgehead atoms. The van der Waals surface area contributed by atoms with Crippen LogP contribution in [0.3, 0.4) is 0 Å². The van der Waals surface area contributed by atoms with Crippen molar-refractivity contribution in [3.63, 3.8) is 0 Å². The van der Waals surface area contributed by atoms with Crippen molar-refractivity contribution < 1.29 is 14.9 Å². The normalized spacial score (nSPS) is 24.8. The molecule has 0 radical (unpaired) electrons. The lowest BCUT2D eigenvalue weighted by Crippen LogP contribution is -2.41. The fraction of sp³-hybridized carbons (Fsp3) is 0.619. The van der Waals surface area contributed by atoms with E-state index in [2.05, 4.69) is 30.3 Å². The highest BCUT2D eigenvalue weighted by atomic mass is 16.5. The third-order valence-corrected chi connectivity index (χ3v) is 5.21. The molecule has 1 aromatic carbocycles. The van der Waals surface area contributed by atoms with Gasteiger partial charge in [-0.1, -0.05) is 30.3 Å². The van der Waals surface area contributed by atoms with Crippen molar-refractivity contribution in [3.05, 3.63) is 47.0 Å². The van der Waals surface area contributed by atoms with Gasteiger partial charge in [0.15, 0.2) is 0 Å². The number of aliphatic hydroxyl groups is 2. The number of methoxy groups -OCH3 is 1. The van der Waals surface area contributed by atoms with Gasteiger partial charge >= 0.3 is 0 Å². The summed E-state index contributed by atoms with van der Waals surface area (Å²) in [6, 6.07) is 8.77. The first-order chi connectivity index (χ1) is 11.3. The minimum atomic E-state index is -0.789. The molecule has 134 valence electrons. The van der Waals surface area contributed by atoms with E-state index in [9.17, 15) is 10.2 Å². The average Bonchev–Trinajstić information content (AvgIpc) is 2.51. The van der Waals surface area contributed by atoms with Crippen LogP contribution in [0.15, 0.2) is 35.9 Å². The van der Waals surface area contributed by atoms with E-state index in [1.54, 1.807) is 7.11 Å². The van der Waals surface area contributed by atoms with Gasteiger partial charge in [-0.3, -0.25) is 0 Å². The van der Waals surface area contributed by atoms with Crippen molar-refractivity contribution in [1.29, 1.82) is 0 Å². The Morgan fingerprint density at radius 3 is 2.38 bits per heavy atom. The molecule has 3 unspecified atom stereocenters. The second-order valence-electron chi connectivity index (χ2n) is 7.70. The van der Waals surface area contributed by atoms with E-state index in [1.165, 1.54) is 11.1 Å². The van der Waals surface area contributed by atoms with Gasteiger partial charge in [0.1, 0.15) is 0 Å². The molecule has 1 aliphatic carbocycles. The molecule has 0 fully saturated rings. The Kier molecular flexibility index (Phi) is 6.62. The number of rotatable bonds is 7. The van der Waals surface area contributed by atoms with Crippen LogP contribution in [0.5, 0.6) is 0 Å². The summed E-state index contributed by atoms with van der Waals surface area (Å²) in [6.45, 7) is 6.48. The van der Waals surface area contributed by atoms with Gasteiger partial charge in [0.05, 0.1) is 11.7 Å². The number of hydrogen-bond acceptors (Lipinski definition) is 3.